The molecule has 0 unspecified atom stereocenters. The van der Waals surface area contributed by atoms with Gasteiger partial charge in [0.05, 0.1) is 4.92 Å². The van der Waals surface area contributed by atoms with E-state index in [-0.39, 0.29) is 10.7 Å². The fourth-order valence-electron chi connectivity index (χ4n) is 1.06. The predicted molar refractivity (Wildman–Crippen MR) is 79.6 cm³/mol. The number of nitrogens with zero attached hydrogens (tertiary/aromatic N) is 1. The van der Waals surface area contributed by atoms with Gasteiger partial charge in [-0.1, -0.05) is 46.4 Å². The highest BCUT2D eigenvalue weighted by molar-refractivity contribution is 6.34. The molecule has 0 aliphatic carbocycles. The van der Waals surface area contributed by atoms with E-state index in [9.17, 15) is 10.1 Å². The second-order valence-electron chi connectivity index (χ2n) is 3.29. The zero-order valence-electron chi connectivity index (χ0n) is 9.32. The van der Waals surface area contributed by atoms with Gasteiger partial charge in [-0.15, -0.1) is 0 Å². The topological polar surface area (TPSA) is 43.1 Å². The van der Waals surface area contributed by atoms with Crippen molar-refractivity contribution in [3.05, 3.63) is 72.7 Å². The van der Waals surface area contributed by atoms with Gasteiger partial charge in [0.2, 0.25) is 0 Å². The normalized spacial score (nSPS) is 9.47. The van der Waals surface area contributed by atoms with Gasteiger partial charge in [0.15, 0.2) is 0 Å². The van der Waals surface area contributed by atoms with E-state index in [0.29, 0.717) is 5.02 Å². The lowest BCUT2D eigenvalue weighted by atomic mass is 10.3. The van der Waals surface area contributed by atoms with Crippen molar-refractivity contribution in [3.63, 3.8) is 0 Å². The van der Waals surface area contributed by atoms with Crippen molar-refractivity contribution in [1.29, 1.82) is 0 Å². The van der Waals surface area contributed by atoms with E-state index >= 15 is 0 Å². The molecule has 0 heterocycles. The molecule has 0 aromatic heterocycles. The number of rotatable bonds is 1. The molecule has 0 aliphatic rings. The SMILES string of the molecule is Clc1ccc(Cl)cc1.O=[N+]([O-])c1cc(Cl)ccc1Cl. The van der Waals surface area contributed by atoms with Gasteiger partial charge in [0.1, 0.15) is 5.02 Å². The number of nitro benzene ring substituents is 1. The number of halogens is 4. The van der Waals surface area contributed by atoms with E-state index in [1.165, 1.54) is 18.2 Å². The van der Waals surface area contributed by atoms with Gasteiger partial charge in [-0.3, -0.25) is 10.1 Å². The molecule has 0 aliphatic heterocycles. The standard InChI is InChI=1S/C6H3Cl2NO2.C6H4Cl2/c7-4-1-2-5(8)6(3-4)9(10)11;7-5-1-2-6(8)4-3-5/h1-3H;1-4H. The highest BCUT2D eigenvalue weighted by Crippen LogP contribution is 2.26. The molecule has 3 nitrogen and oxygen atoms in total. The van der Waals surface area contributed by atoms with Crippen molar-refractivity contribution >= 4 is 52.1 Å². The van der Waals surface area contributed by atoms with Crippen LogP contribution in [-0.2, 0) is 0 Å². The quantitative estimate of drug-likeness (QED) is 0.480. The van der Waals surface area contributed by atoms with E-state index in [1.54, 1.807) is 24.3 Å². The molecular weight excluding hydrogens is 332 g/mol. The minimum absolute atomic E-state index is 0.0967. The van der Waals surface area contributed by atoms with Gasteiger partial charge in [-0.05, 0) is 36.4 Å². The zero-order valence-corrected chi connectivity index (χ0v) is 12.3. The number of benzene rings is 2. The molecule has 0 radical (unpaired) electrons. The predicted octanol–water partition coefficient (Wildman–Crippen LogP) is 5.90. The number of nitro groups is 1. The van der Waals surface area contributed by atoms with E-state index in [2.05, 4.69) is 0 Å². The summed E-state index contributed by atoms with van der Waals surface area (Å²) in [5.74, 6) is 0. The van der Waals surface area contributed by atoms with E-state index in [4.69, 9.17) is 46.4 Å². The van der Waals surface area contributed by atoms with Gasteiger partial charge >= 0.3 is 0 Å². The molecule has 100 valence electrons. The maximum Gasteiger partial charge on any atom is 0.289 e. The molecular formula is C12H7Cl4NO2. The summed E-state index contributed by atoms with van der Waals surface area (Å²) in [6.07, 6.45) is 0. The third-order valence-electron chi connectivity index (χ3n) is 1.91. The largest absolute Gasteiger partial charge is 0.289 e. The van der Waals surface area contributed by atoms with Crippen LogP contribution in [0.3, 0.4) is 0 Å². The smallest absolute Gasteiger partial charge is 0.258 e. The minimum atomic E-state index is -0.575. The molecule has 0 spiro atoms. The van der Waals surface area contributed by atoms with Crippen LogP contribution in [0.25, 0.3) is 0 Å². The summed E-state index contributed by atoms with van der Waals surface area (Å²) in [5, 5.41) is 12.1. The first kappa shape index (κ1) is 16.1. The summed E-state index contributed by atoms with van der Waals surface area (Å²) in [4.78, 5) is 9.66. The van der Waals surface area contributed by atoms with Crippen LogP contribution < -0.4 is 0 Å². The van der Waals surface area contributed by atoms with Crippen LogP contribution >= 0.6 is 46.4 Å². The summed E-state index contributed by atoms with van der Waals surface area (Å²) in [7, 11) is 0. The van der Waals surface area contributed by atoms with Crippen LogP contribution in [0.2, 0.25) is 20.1 Å². The average molecular weight is 339 g/mol. The van der Waals surface area contributed by atoms with Crippen molar-refractivity contribution in [3.8, 4) is 0 Å². The van der Waals surface area contributed by atoms with E-state index in [0.717, 1.165) is 10.0 Å². The molecule has 2 rings (SSSR count). The maximum absolute atomic E-state index is 10.2. The van der Waals surface area contributed by atoms with Crippen LogP contribution in [0.15, 0.2) is 42.5 Å². The Kier molecular flexibility index (Phi) is 6.38. The van der Waals surface area contributed by atoms with Crippen LogP contribution in [-0.4, -0.2) is 4.92 Å². The van der Waals surface area contributed by atoms with Crippen molar-refractivity contribution in [2.45, 2.75) is 0 Å². The van der Waals surface area contributed by atoms with Gasteiger partial charge in [-0.2, -0.15) is 0 Å². The van der Waals surface area contributed by atoms with Crippen molar-refractivity contribution in [1.82, 2.24) is 0 Å². The van der Waals surface area contributed by atoms with Crippen LogP contribution in [0.5, 0.6) is 0 Å². The second-order valence-corrected chi connectivity index (χ2v) is 5.01. The lowest BCUT2D eigenvalue weighted by molar-refractivity contribution is -0.384. The van der Waals surface area contributed by atoms with Crippen LogP contribution in [0.4, 0.5) is 5.69 Å². The summed E-state index contributed by atoms with van der Waals surface area (Å²) in [6, 6.07) is 11.1. The molecule has 2 aromatic carbocycles. The lowest BCUT2D eigenvalue weighted by Crippen LogP contribution is -1.87. The molecule has 0 N–H and O–H groups in total. The second kappa shape index (κ2) is 7.56. The Labute approximate surface area is 129 Å². The molecule has 2 aromatic rings. The highest BCUT2D eigenvalue weighted by Gasteiger charge is 2.11. The molecule has 0 atom stereocenters. The molecule has 19 heavy (non-hydrogen) atoms. The lowest BCUT2D eigenvalue weighted by Gasteiger charge is -1.93. The first-order chi connectivity index (χ1) is 8.90. The van der Waals surface area contributed by atoms with Crippen molar-refractivity contribution in [2.24, 2.45) is 0 Å². The third kappa shape index (κ3) is 5.66. The molecule has 7 heteroatoms. The van der Waals surface area contributed by atoms with Gasteiger partial charge in [0, 0.05) is 21.1 Å². The fourth-order valence-corrected chi connectivity index (χ4v) is 1.66. The first-order valence-corrected chi connectivity index (χ1v) is 6.42. The fraction of sp³-hybridized carbons (Fsp3) is 0. The summed E-state index contributed by atoms with van der Waals surface area (Å²) in [6.45, 7) is 0. The Morgan fingerprint density at radius 3 is 1.58 bits per heavy atom. The Balaban J connectivity index is 0.000000200. The first-order valence-electron chi connectivity index (χ1n) is 4.90. The molecule has 0 fully saturated rings. The van der Waals surface area contributed by atoms with Gasteiger partial charge in [0.25, 0.3) is 5.69 Å². The zero-order chi connectivity index (χ0) is 14.4. The van der Waals surface area contributed by atoms with Crippen LogP contribution in [0.1, 0.15) is 0 Å². The molecule has 0 bridgehead atoms. The Morgan fingerprint density at radius 2 is 1.21 bits per heavy atom. The summed E-state index contributed by atoms with van der Waals surface area (Å²) in [5.41, 5.74) is -0.167. The molecule has 0 amide bonds. The Morgan fingerprint density at radius 1 is 0.789 bits per heavy atom. The van der Waals surface area contributed by atoms with E-state index in [1.807, 2.05) is 0 Å². The van der Waals surface area contributed by atoms with Gasteiger partial charge < -0.3 is 0 Å². The molecule has 0 saturated heterocycles. The van der Waals surface area contributed by atoms with Gasteiger partial charge in [-0.25, -0.2) is 0 Å². The number of hydrogen-bond acceptors (Lipinski definition) is 2. The Bertz CT molecular complexity index is 551. The third-order valence-corrected chi connectivity index (χ3v) is 2.97. The minimum Gasteiger partial charge on any atom is -0.258 e. The Hall–Kier alpha value is -1.000. The number of hydrogen-bond donors (Lipinski definition) is 0. The van der Waals surface area contributed by atoms with E-state index < -0.39 is 4.92 Å². The van der Waals surface area contributed by atoms with Crippen LogP contribution in [0, 0.1) is 10.1 Å². The summed E-state index contributed by atoms with van der Waals surface area (Å²) < 4.78 is 0. The molecule has 0 saturated carbocycles. The monoisotopic (exact) mass is 337 g/mol. The van der Waals surface area contributed by atoms with Crippen molar-refractivity contribution in [2.75, 3.05) is 0 Å². The summed E-state index contributed by atoms with van der Waals surface area (Å²) >= 11 is 22.1. The maximum atomic E-state index is 10.2. The highest BCUT2D eigenvalue weighted by atomic mass is 35.5. The van der Waals surface area contributed by atoms with Crippen molar-refractivity contribution < 1.29 is 4.92 Å². The average Bonchev–Trinajstić information content (AvgIpc) is 2.36.